The second kappa shape index (κ2) is 9.30. The van der Waals surface area contributed by atoms with Crippen LogP contribution in [0.2, 0.25) is 0 Å². The van der Waals surface area contributed by atoms with Gasteiger partial charge in [0.15, 0.2) is 11.5 Å². The Hall–Kier alpha value is -4.46. The predicted molar refractivity (Wildman–Crippen MR) is 133 cm³/mol. The van der Waals surface area contributed by atoms with Crippen molar-refractivity contribution in [1.82, 2.24) is 0 Å². The lowest BCUT2D eigenvalue weighted by molar-refractivity contribution is -0.132. The van der Waals surface area contributed by atoms with Crippen LogP contribution in [-0.2, 0) is 9.59 Å². The summed E-state index contributed by atoms with van der Waals surface area (Å²) >= 11 is 0. The molecule has 2 aliphatic heterocycles. The molecule has 184 valence electrons. The van der Waals surface area contributed by atoms with E-state index in [2.05, 4.69) is 0 Å². The van der Waals surface area contributed by atoms with E-state index in [0.29, 0.717) is 39.8 Å². The molecule has 1 fully saturated rings. The summed E-state index contributed by atoms with van der Waals surface area (Å²) in [6.07, 6.45) is -0.0109. The number of carbonyl (C=O) groups is 2. The van der Waals surface area contributed by atoms with E-state index < -0.39 is 17.7 Å². The fourth-order valence-corrected chi connectivity index (χ4v) is 4.38. The van der Waals surface area contributed by atoms with Gasteiger partial charge in [0, 0.05) is 17.3 Å². The smallest absolute Gasteiger partial charge is 0.300 e. The molecule has 0 saturated carbocycles. The molecule has 3 aromatic carbocycles. The Kier molecular flexibility index (Phi) is 6.01. The number of hydrogen-bond acceptors (Lipinski definition) is 7. The molecule has 8 nitrogen and oxygen atoms in total. The van der Waals surface area contributed by atoms with E-state index >= 15 is 0 Å². The van der Waals surface area contributed by atoms with E-state index in [9.17, 15) is 14.7 Å². The number of aliphatic hydroxyl groups is 1. The Morgan fingerprint density at radius 2 is 1.72 bits per heavy atom. The summed E-state index contributed by atoms with van der Waals surface area (Å²) in [4.78, 5) is 28.1. The number of carbonyl (C=O) groups excluding carboxylic acids is 2. The molecule has 3 aromatic rings. The molecule has 8 heteroatoms. The van der Waals surface area contributed by atoms with Crippen molar-refractivity contribution in [2.24, 2.45) is 0 Å². The first-order chi connectivity index (χ1) is 17.4. The maximum absolute atomic E-state index is 13.4. The molecule has 5 rings (SSSR count). The first kappa shape index (κ1) is 23.3. The molecule has 36 heavy (non-hydrogen) atoms. The number of nitrogens with zero attached hydrogens (tertiary/aromatic N) is 1. The van der Waals surface area contributed by atoms with E-state index in [0.717, 1.165) is 0 Å². The topological polar surface area (TPSA) is 94.5 Å². The molecule has 2 heterocycles. The second-order valence-corrected chi connectivity index (χ2v) is 8.67. The van der Waals surface area contributed by atoms with Crippen LogP contribution in [0.25, 0.3) is 5.76 Å². The third-order valence-corrected chi connectivity index (χ3v) is 5.99. The zero-order valence-electron chi connectivity index (χ0n) is 20.1. The fraction of sp³-hybridized carbons (Fsp3) is 0.214. The van der Waals surface area contributed by atoms with Crippen molar-refractivity contribution in [2.45, 2.75) is 26.0 Å². The van der Waals surface area contributed by atoms with Crippen molar-refractivity contribution in [2.75, 3.05) is 18.8 Å². The monoisotopic (exact) mass is 487 g/mol. The van der Waals surface area contributed by atoms with E-state index in [1.165, 1.54) is 12.0 Å². The molecule has 1 N–H and O–H groups in total. The molecule has 1 atom stereocenters. The van der Waals surface area contributed by atoms with E-state index in [1.54, 1.807) is 66.7 Å². The van der Waals surface area contributed by atoms with Gasteiger partial charge >= 0.3 is 0 Å². The van der Waals surface area contributed by atoms with Crippen molar-refractivity contribution >= 4 is 23.1 Å². The van der Waals surface area contributed by atoms with Gasteiger partial charge in [-0.1, -0.05) is 24.3 Å². The summed E-state index contributed by atoms with van der Waals surface area (Å²) in [5, 5.41) is 11.3. The number of fused-ring (bicyclic) bond motifs is 1. The number of anilines is 1. The van der Waals surface area contributed by atoms with Crippen molar-refractivity contribution in [1.29, 1.82) is 0 Å². The summed E-state index contributed by atoms with van der Waals surface area (Å²) < 4.78 is 21.9. The number of rotatable bonds is 6. The Morgan fingerprint density at radius 3 is 2.44 bits per heavy atom. The highest BCUT2D eigenvalue weighted by molar-refractivity contribution is 6.51. The lowest BCUT2D eigenvalue weighted by Crippen LogP contribution is -2.29. The summed E-state index contributed by atoms with van der Waals surface area (Å²) in [5.74, 6) is 0.353. The fourth-order valence-electron chi connectivity index (χ4n) is 4.38. The number of methoxy groups -OCH3 is 1. The highest BCUT2D eigenvalue weighted by atomic mass is 16.7. The summed E-state index contributed by atoms with van der Waals surface area (Å²) in [5.41, 5.74) is 1.41. The highest BCUT2D eigenvalue weighted by Crippen LogP contribution is 2.45. The molecular weight excluding hydrogens is 462 g/mol. The van der Waals surface area contributed by atoms with Gasteiger partial charge in [-0.25, -0.2) is 0 Å². The molecule has 0 aliphatic carbocycles. The van der Waals surface area contributed by atoms with Crippen LogP contribution in [0.4, 0.5) is 5.69 Å². The summed E-state index contributed by atoms with van der Waals surface area (Å²) in [6, 6.07) is 18.0. The number of Topliss-reactive ketones (excluding diaryl/α,β-unsaturated/α-hetero) is 1. The Bertz CT molecular complexity index is 1360. The first-order valence-corrected chi connectivity index (χ1v) is 11.5. The third-order valence-electron chi connectivity index (χ3n) is 5.99. The quantitative estimate of drug-likeness (QED) is 0.302. The highest BCUT2D eigenvalue weighted by Gasteiger charge is 2.47. The first-order valence-electron chi connectivity index (χ1n) is 11.5. The van der Waals surface area contributed by atoms with Crippen LogP contribution in [0.5, 0.6) is 23.0 Å². The zero-order chi connectivity index (χ0) is 25.4. The van der Waals surface area contributed by atoms with Crippen molar-refractivity contribution in [3.63, 3.8) is 0 Å². The maximum atomic E-state index is 13.4. The van der Waals surface area contributed by atoms with Gasteiger partial charge in [0.25, 0.3) is 11.7 Å². The largest absolute Gasteiger partial charge is 0.507 e. The van der Waals surface area contributed by atoms with Crippen LogP contribution in [0.15, 0.2) is 72.3 Å². The van der Waals surface area contributed by atoms with Crippen LogP contribution < -0.4 is 23.8 Å². The standard InChI is InChI=1S/C28H25NO7/c1-16(2)36-20-10-7-17(8-11-20)25-24(26(30)18-5-4-6-21(13-18)33-3)27(31)28(32)29(25)19-9-12-22-23(14-19)35-15-34-22/h4-14,16,25,30H,15H2,1-3H3/b26-24+. The Labute approximate surface area is 208 Å². The molecule has 1 amide bonds. The van der Waals surface area contributed by atoms with Crippen LogP contribution in [-0.4, -0.2) is 36.8 Å². The van der Waals surface area contributed by atoms with Gasteiger partial charge in [-0.15, -0.1) is 0 Å². The molecule has 0 bridgehead atoms. The van der Waals surface area contributed by atoms with Crippen LogP contribution in [0, 0.1) is 0 Å². The van der Waals surface area contributed by atoms with E-state index in [-0.39, 0.29) is 24.2 Å². The minimum Gasteiger partial charge on any atom is -0.507 e. The number of benzene rings is 3. The number of aliphatic hydroxyl groups excluding tert-OH is 1. The molecule has 0 spiro atoms. The summed E-state index contributed by atoms with van der Waals surface area (Å²) in [7, 11) is 1.51. The van der Waals surface area contributed by atoms with Gasteiger partial charge in [-0.3, -0.25) is 14.5 Å². The molecule has 2 aliphatic rings. The lowest BCUT2D eigenvalue weighted by Gasteiger charge is -2.26. The van der Waals surface area contributed by atoms with E-state index in [1.807, 2.05) is 13.8 Å². The molecule has 0 aromatic heterocycles. The number of amides is 1. The van der Waals surface area contributed by atoms with Crippen molar-refractivity contribution in [3.8, 4) is 23.0 Å². The van der Waals surface area contributed by atoms with Gasteiger partial charge in [0.2, 0.25) is 6.79 Å². The van der Waals surface area contributed by atoms with Crippen molar-refractivity contribution < 1.29 is 33.6 Å². The zero-order valence-corrected chi connectivity index (χ0v) is 20.1. The molecule has 0 radical (unpaired) electrons. The SMILES string of the molecule is COc1cccc(/C(O)=C2\C(=O)C(=O)N(c3ccc4c(c3)OCO4)C2c2ccc(OC(C)C)cc2)c1. The molecular formula is C28H25NO7. The van der Waals surface area contributed by atoms with Crippen molar-refractivity contribution in [3.05, 3.63) is 83.4 Å². The third kappa shape index (κ3) is 4.11. The normalized spacial score (nSPS) is 18.1. The second-order valence-electron chi connectivity index (χ2n) is 8.67. The number of ether oxygens (including phenoxy) is 4. The van der Waals surface area contributed by atoms with Gasteiger partial charge in [-0.2, -0.15) is 0 Å². The maximum Gasteiger partial charge on any atom is 0.300 e. The average Bonchev–Trinajstić information content (AvgIpc) is 3.45. The summed E-state index contributed by atoms with van der Waals surface area (Å²) in [6.45, 7) is 3.93. The Morgan fingerprint density at radius 1 is 0.972 bits per heavy atom. The molecule has 1 unspecified atom stereocenters. The minimum absolute atomic E-state index is 0.0109. The van der Waals surface area contributed by atoms with Crippen LogP contribution >= 0.6 is 0 Å². The van der Waals surface area contributed by atoms with Crippen LogP contribution in [0.3, 0.4) is 0 Å². The van der Waals surface area contributed by atoms with Gasteiger partial charge in [-0.05, 0) is 55.8 Å². The number of ketones is 1. The van der Waals surface area contributed by atoms with E-state index in [4.69, 9.17) is 18.9 Å². The molecule has 1 saturated heterocycles. The Balaban J connectivity index is 1.66. The van der Waals surface area contributed by atoms with Gasteiger partial charge < -0.3 is 24.1 Å². The van der Waals surface area contributed by atoms with Gasteiger partial charge in [0.05, 0.1) is 24.8 Å². The lowest BCUT2D eigenvalue weighted by atomic mass is 9.95. The van der Waals surface area contributed by atoms with Gasteiger partial charge in [0.1, 0.15) is 17.3 Å². The predicted octanol–water partition coefficient (Wildman–Crippen LogP) is 4.84. The number of hydrogen-bond donors (Lipinski definition) is 1. The van der Waals surface area contributed by atoms with Crippen LogP contribution in [0.1, 0.15) is 31.0 Å². The average molecular weight is 488 g/mol. The minimum atomic E-state index is -0.885.